The highest BCUT2D eigenvalue weighted by Crippen LogP contribution is 2.37. The van der Waals surface area contributed by atoms with Crippen LogP contribution in [0.1, 0.15) is 18.5 Å². The highest BCUT2D eigenvalue weighted by Gasteiger charge is 2.38. The zero-order valence-corrected chi connectivity index (χ0v) is 18.3. The van der Waals surface area contributed by atoms with E-state index in [1.54, 1.807) is 25.1 Å². The first-order valence-corrected chi connectivity index (χ1v) is 9.94. The second-order valence-electron chi connectivity index (χ2n) is 6.87. The molecule has 1 atom stereocenters. The number of hydrogen-bond donors (Lipinski definition) is 1. The number of esters is 1. The number of methoxy groups -OCH3 is 2. The Bertz CT molecular complexity index is 1020. The van der Waals surface area contributed by atoms with Gasteiger partial charge in [-0.05, 0) is 43.3 Å². The van der Waals surface area contributed by atoms with E-state index in [0.29, 0.717) is 28.5 Å². The molecule has 0 saturated carbocycles. The van der Waals surface area contributed by atoms with Crippen LogP contribution in [-0.2, 0) is 9.53 Å². The quantitative estimate of drug-likeness (QED) is 0.628. The molecule has 0 bridgehead atoms. The third kappa shape index (κ3) is 4.77. The summed E-state index contributed by atoms with van der Waals surface area (Å²) in [6.07, 6.45) is 0. The van der Waals surface area contributed by atoms with Crippen LogP contribution in [0.15, 0.2) is 53.7 Å². The Balaban J connectivity index is 2.08. The Kier molecular flexibility index (Phi) is 7.19. The molecule has 8 nitrogen and oxygen atoms in total. The Morgan fingerprint density at radius 1 is 1.09 bits per heavy atom. The average molecular weight is 444 g/mol. The lowest BCUT2D eigenvalue weighted by molar-refractivity contribution is -0.139. The number of halogens is 1. The smallest absolute Gasteiger partial charge is 0.338 e. The van der Waals surface area contributed by atoms with Crippen molar-refractivity contribution in [1.29, 1.82) is 0 Å². The lowest BCUT2D eigenvalue weighted by Crippen LogP contribution is -2.48. The van der Waals surface area contributed by atoms with E-state index in [2.05, 4.69) is 5.32 Å². The standard InChI is InChI=1S/C23H25FN2O6/c1-5-31-22(27)20-18(13-32-15-8-6-14(24)7-9-15)26(2)23(28)25-21(20)17-11-10-16(29-3)12-19(17)30-4/h6-12,21H,5,13H2,1-4H3,(H,25,28). The number of nitrogens with one attached hydrogen (secondary N) is 1. The van der Waals surface area contributed by atoms with Gasteiger partial charge in [-0.2, -0.15) is 0 Å². The van der Waals surface area contributed by atoms with Crippen LogP contribution in [0.3, 0.4) is 0 Å². The van der Waals surface area contributed by atoms with Gasteiger partial charge in [0.15, 0.2) is 0 Å². The van der Waals surface area contributed by atoms with Gasteiger partial charge in [0.05, 0.1) is 38.1 Å². The first kappa shape index (κ1) is 22.9. The number of urea groups is 1. The highest BCUT2D eigenvalue weighted by molar-refractivity contribution is 5.95. The van der Waals surface area contributed by atoms with Crippen LogP contribution in [0.5, 0.6) is 17.2 Å². The Hall–Kier alpha value is -3.75. The predicted octanol–water partition coefficient (Wildman–Crippen LogP) is 3.44. The molecule has 32 heavy (non-hydrogen) atoms. The second-order valence-corrected chi connectivity index (χ2v) is 6.87. The van der Waals surface area contributed by atoms with Gasteiger partial charge in [-0.3, -0.25) is 4.90 Å². The van der Waals surface area contributed by atoms with E-state index in [4.69, 9.17) is 18.9 Å². The van der Waals surface area contributed by atoms with Gasteiger partial charge in [0.2, 0.25) is 0 Å². The number of nitrogens with zero attached hydrogens (tertiary/aromatic N) is 1. The van der Waals surface area contributed by atoms with Crippen LogP contribution >= 0.6 is 0 Å². The van der Waals surface area contributed by atoms with Gasteiger partial charge in [0.25, 0.3) is 0 Å². The van der Waals surface area contributed by atoms with Gasteiger partial charge in [-0.15, -0.1) is 0 Å². The normalized spacial score (nSPS) is 15.8. The molecule has 9 heteroatoms. The summed E-state index contributed by atoms with van der Waals surface area (Å²) in [4.78, 5) is 27.0. The molecule has 1 aliphatic rings. The maximum atomic E-state index is 13.2. The number of ether oxygens (including phenoxy) is 4. The number of carbonyl (C=O) groups excluding carboxylic acids is 2. The zero-order chi connectivity index (χ0) is 23.3. The maximum Gasteiger partial charge on any atom is 0.338 e. The summed E-state index contributed by atoms with van der Waals surface area (Å²) in [5.74, 6) is 0.385. The number of carbonyl (C=O) groups is 2. The lowest BCUT2D eigenvalue weighted by Gasteiger charge is -2.35. The molecule has 3 rings (SSSR count). The van der Waals surface area contributed by atoms with E-state index in [1.807, 2.05) is 0 Å². The second kappa shape index (κ2) is 10.0. The minimum Gasteiger partial charge on any atom is -0.497 e. The third-order valence-electron chi connectivity index (χ3n) is 5.01. The van der Waals surface area contributed by atoms with Gasteiger partial charge in [-0.1, -0.05) is 0 Å². The molecule has 1 aliphatic heterocycles. The molecule has 1 heterocycles. The van der Waals surface area contributed by atoms with Gasteiger partial charge in [-0.25, -0.2) is 14.0 Å². The van der Waals surface area contributed by atoms with Crippen LogP contribution in [-0.4, -0.2) is 51.4 Å². The van der Waals surface area contributed by atoms with Crippen LogP contribution in [0, 0.1) is 5.82 Å². The molecule has 0 aliphatic carbocycles. The summed E-state index contributed by atoms with van der Waals surface area (Å²) in [5.41, 5.74) is 1.08. The van der Waals surface area contributed by atoms with Crippen molar-refractivity contribution in [3.8, 4) is 17.2 Å². The Morgan fingerprint density at radius 3 is 2.41 bits per heavy atom. The van der Waals surface area contributed by atoms with Crippen LogP contribution in [0.4, 0.5) is 9.18 Å². The maximum absolute atomic E-state index is 13.2. The van der Waals surface area contributed by atoms with Gasteiger partial charge in [0, 0.05) is 18.7 Å². The fourth-order valence-corrected chi connectivity index (χ4v) is 3.35. The summed E-state index contributed by atoms with van der Waals surface area (Å²) in [7, 11) is 4.54. The molecule has 2 amide bonds. The van der Waals surface area contributed by atoms with Gasteiger partial charge >= 0.3 is 12.0 Å². The van der Waals surface area contributed by atoms with E-state index in [1.165, 1.54) is 50.4 Å². The van der Waals surface area contributed by atoms with Crippen molar-refractivity contribution in [2.75, 3.05) is 34.5 Å². The predicted molar refractivity (Wildman–Crippen MR) is 114 cm³/mol. The topological polar surface area (TPSA) is 86.3 Å². The average Bonchev–Trinajstić information content (AvgIpc) is 2.80. The summed E-state index contributed by atoms with van der Waals surface area (Å²) in [6.45, 7) is 1.73. The van der Waals surface area contributed by atoms with E-state index in [-0.39, 0.29) is 18.8 Å². The summed E-state index contributed by atoms with van der Waals surface area (Å²) >= 11 is 0. The van der Waals surface area contributed by atoms with Crippen molar-refractivity contribution >= 4 is 12.0 Å². The number of amides is 2. The van der Waals surface area contributed by atoms with Crippen molar-refractivity contribution in [2.24, 2.45) is 0 Å². The lowest BCUT2D eigenvalue weighted by atomic mass is 9.94. The molecule has 0 radical (unpaired) electrons. The summed E-state index contributed by atoms with van der Waals surface area (Å²) in [6, 6.07) is 9.27. The van der Waals surface area contributed by atoms with E-state index in [9.17, 15) is 14.0 Å². The molecule has 0 fully saturated rings. The molecule has 2 aromatic carbocycles. The van der Waals surface area contributed by atoms with Crippen LogP contribution in [0.2, 0.25) is 0 Å². The molecule has 2 aromatic rings. The molecule has 0 saturated heterocycles. The minimum absolute atomic E-state index is 0.112. The van der Waals surface area contributed by atoms with E-state index < -0.39 is 23.9 Å². The minimum atomic E-state index is -0.842. The fraction of sp³-hybridized carbons (Fsp3) is 0.304. The molecular formula is C23H25FN2O6. The SMILES string of the molecule is CCOC(=O)C1=C(COc2ccc(F)cc2)N(C)C(=O)NC1c1ccc(OC)cc1OC. The first-order chi connectivity index (χ1) is 15.4. The number of benzene rings is 2. The van der Waals surface area contributed by atoms with Crippen molar-refractivity contribution in [2.45, 2.75) is 13.0 Å². The Labute approximate surface area is 185 Å². The van der Waals surface area contributed by atoms with Crippen molar-refractivity contribution in [3.63, 3.8) is 0 Å². The van der Waals surface area contributed by atoms with Crippen molar-refractivity contribution < 1.29 is 32.9 Å². The van der Waals surface area contributed by atoms with Crippen molar-refractivity contribution in [3.05, 3.63) is 65.1 Å². The number of hydrogen-bond acceptors (Lipinski definition) is 6. The highest BCUT2D eigenvalue weighted by atomic mass is 19.1. The van der Waals surface area contributed by atoms with Crippen LogP contribution in [0.25, 0.3) is 0 Å². The zero-order valence-electron chi connectivity index (χ0n) is 18.3. The third-order valence-corrected chi connectivity index (χ3v) is 5.01. The van der Waals surface area contributed by atoms with E-state index in [0.717, 1.165) is 0 Å². The largest absolute Gasteiger partial charge is 0.497 e. The molecule has 1 N–H and O–H groups in total. The summed E-state index contributed by atoms with van der Waals surface area (Å²) < 4.78 is 35.0. The summed E-state index contributed by atoms with van der Waals surface area (Å²) in [5, 5.41) is 2.82. The molecule has 170 valence electrons. The molecule has 0 spiro atoms. The van der Waals surface area contributed by atoms with Crippen LogP contribution < -0.4 is 19.5 Å². The number of likely N-dealkylation sites (N-methyl/N-ethyl adjacent to an activating group) is 1. The monoisotopic (exact) mass is 444 g/mol. The van der Waals surface area contributed by atoms with Gasteiger partial charge in [0.1, 0.15) is 29.7 Å². The van der Waals surface area contributed by atoms with Crippen molar-refractivity contribution in [1.82, 2.24) is 10.2 Å². The number of rotatable bonds is 8. The molecule has 1 unspecified atom stereocenters. The Morgan fingerprint density at radius 2 is 1.78 bits per heavy atom. The molecular weight excluding hydrogens is 419 g/mol. The fourth-order valence-electron chi connectivity index (χ4n) is 3.35. The van der Waals surface area contributed by atoms with E-state index >= 15 is 0 Å². The van der Waals surface area contributed by atoms with Gasteiger partial charge < -0.3 is 24.3 Å². The molecule has 0 aromatic heterocycles. The first-order valence-electron chi connectivity index (χ1n) is 9.94.